The minimum Gasteiger partial charge on any atom is -0.486 e. The third-order valence-electron chi connectivity index (χ3n) is 5.55. The summed E-state index contributed by atoms with van der Waals surface area (Å²) in [7, 11) is -3.59. The SMILES string of the molecule is O=C(NC[C@@H]1COc2ccccc2O1)[C@H]1CCCN(S(=O)(=O)Cc2ccc(Cl)c(Cl)c2)C1. The summed E-state index contributed by atoms with van der Waals surface area (Å²) in [5.41, 5.74) is 0.556. The summed E-state index contributed by atoms with van der Waals surface area (Å²) in [6, 6.07) is 12.2. The van der Waals surface area contributed by atoms with E-state index in [1.165, 1.54) is 4.31 Å². The van der Waals surface area contributed by atoms with Crippen LogP contribution in [0.2, 0.25) is 10.0 Å². The maximum atomic E-state index is 12.9. The molecule has 4 rings (SSSR count). The zero-order valence-electron chi connectivity index (χ0n) is 17.3. The summed E-state index contributed by atoms with van der Waals surface area (Å²) in [4.78, 5) is 12.7. The lowest BCUT2D eigenvalue weighted by Gasteiger charge is -2.32. The van der Waals surface area contributed by atoms with Gasteiger partial charge in [-0.05, 0) is 42.7 Å². The molecule has 2 aromatic carbocycles. The van der Waals surface area contributed by atoms with E-state index in [-0.39, 0.29) is 24.3 Å². The number of benzene rings is 2. The van der Waals surface area contributed by atoms with E-state index >= 15 is 0 Å². The van der Waals surface area contributed by atoms with Crippen LogP contribution in [0.4, 0.5) is 0 Å². The van der Waals surface area contributed by atoms with Gasteiger partial charge < -0.3 is 14.8 Å². The lowest BCUT2D eigenvalue weighted by atomic mass is 9.99. The van der Waals surface area contributed by atoms with Gasteiger partial charge in [-0.2, -0.15) is 0 Å². The highest BCUT2D eigenvalue weighted by atomic mass is 35.5. The summed E-state index contributed by atoms with van der Waals surface area (Å²) >= 11 is 11.9. The highest BCUT2D eigenvalue weighted by molar-refractivity contribution is 7.88. The number of halogens is 2. The van der Waals surface area contributed by atoms with Crippen LogP contribution >= 0.6 is 23.2 Å². The molecular formula is C22H24Cl2N2O5S. The molecule has 0 bridgehead atoms. The Morgan fingerprint density at radius 2 is 1.91 bits per heavy atom. The van der Waals surface area contributed by atoms with E-state index < -0.39 is 15.9 Å². The molecule has 7 nitrogen and oxygen atoms in total. The second-order valence-electron chi connectivity index (χ2n) is 7.94. The Bertz CT molecular complexity index is 1100. The Balaban J connectivity index is 1.32. The summed E-state index contributed by atoms with van der Waals surface area (Å²) in [5, 5.41) is 3.58. The molecule has 2 aliphatic rings. The van der Waals surface area contributed by atoms with E-state index in [1.54, 1.807) is 18.2 Å². The third-order valence-corrected chi connectivity index (χ3v) is 8.11. The number of carbonyl (C=O) groups excluding carboxylic acids is 1. The van der Waals surface area contributed by atoms with Gasteiger partial charge in [-0.1, -0.05) is 41.4 Å². The highest BCUT2D eigenvalue weighted by Gasteiger charge is 2.33. The monoisotopic (exact) mass is 498 g/mol. The van der Waals surface area contributed by atoms with E-state index in [9.17, 15) is 13.2 Å². The largest absolute Gasteiger partial charge is 0.486 e. The van der Waals surface area contributed by atoms with Gasteiger partial charge in [0.05, 0.1) is 28.3 Å². The van der Waals surface area contributed by atoms with Crippen molar-refractivity contribution in [3.8, 4) is 11.5 Å². The summed E-state index contributed by atoms with van der Waals surface area (Å²) < 4.78 is 38.8. The van der Waals surface area contributed by atoms with Crippen LogP contribution in [0.1, 0.15) is 18.4 Å². The van der Waals surface area contributed by atoms with Gasteiger partial charge in [0.2, 0.25) is 15.9 Å². The normalized spacial score (nSPS) is 21.2. The van der Waals surface area contributed by atoms with Gasteiger partial charge in [0.1, 0.15) is 12.7 Å². The van der Waals surface area contributed by atoms with Crippen molar-refractivity contribution in [2.45, 2.75) is 24.7 Å². The van der Waals surface area contributed by atoms with E-state index in [2.05, 4.69) is 5.32 Å². The molecule has 2 heterocycles. The number of nitrogens with one attached hydrogen (secondary N) is 1. The van der Waals surface area contributed by atoms with Gasteiger partial charge in [0, 0.05) is 13.1 Å². The molecule has 172 valence electrons. The number of fused-ring (bicyclic) bond motifs is 1. The summed E-state index contributed by atoms with van der Waals surface area (Å²) in [6.45, 7) is 1.18. The maximum Gasteiger partial charge on any atom is 0.224 e. The predicted octanol–water partition coefficient (Wildman–Crippen LogP) is 3.49. The van der Waals surface area contributed by atoms with Gasteiger partial charge in [0.25, 0.3) is 0 Å². The number of rotatable bonds is 6. The second-order valence-corrected chi connectivity index (χ2v) is 10.7. The summed E-state index contributed by atoms with van der Waals surface area (Å²) in [6.07, 6.45) is 0.955. The number of hydrogen-bond acceptors (Lipinski definition) is 5. The van der Waals surface area contributed by atoms with E-state index in [4.69, 9.17) is 32.7 Å². The van der Waals surface area contributed by atoms with Crippen molar-refractivity contribution in [3.63, 3.8) is 0 Å². The zero-order valence-corrected chi connectivity index (χ0v) is 19.6. The maximum absolute atomic E-state index is 12.9. The Morgan fingerprint density at radius 3 is 2.69 bits per heavy atom. The highest BCUT2D eigenvalue weighted by Crippen LogP contribution is 2.31. The van der Waals surface area contributed by atoms with Gasteiger partial charge in [-0.3, -0.25) is 4.79 Å². The number of amides is 1. The molecule has 32 heavy (non-hydrogen) atoms. The minimum absolute atomic E-state index is 0.153. The van der Waals surface area contributed by atoms with Crippen LogP contribution in [0.3, 0.4) is 0 Å². The van der Waals surface area contributed by atoms with Crippen LogP contribution in [-0.4, -0.2) is 51.0 Å². The zero-order chi connectivity index (χ0) is 22.7. The molecule has 0 spiro atoms. The molecule has 2 aromatic rings. The fourth-order valence-electron chi connectivity index (χ4n) is 3.86. The first-order chi connectivity index (χ1) is 15.3. The van der Waals surface area contributed by atoms with Crippen molar-refractivity contribution in [2.24, 2.45) is 5.92 Å². The van der Waals surface area contributed by atoms with Crippen molar-refractivity contribution in [3.05, 3.63) is 58.1 Å². The van der Waals surface area contributed by atoms with E-state index in [0.29, 0.717) is 59.6 Å². The molecule has 1 fully saturated rings. The van der Waals surface area contributed by atoms with Crippen molar-refractivity contribution < 1.29 is 22.7 Å². The Kier molecular flexibility index (Phi) is 7.14. The van der Waals surface area contributed by atoms with E-state index in [1.807, 2.05) is 24.3 Å². The van der Waals surface area contributed by atoms with Gasteiger partial charge in [-0.25, -0.2) is 12.7 Å². The van der Waals surface area contributed by atoms with Gasteiger partial charge in [-0.15, -0.1) is 0 Å². The Hall–Kier alpha value is -2.00. The Labute approximate surface area is 197 Å². The van der Waals surface area contributed by atoms with Crippen LogP contribution in [0.15, 0.2) is 42.5 Å². The topological polar surface area (TPSA) is 84.9 Å². The average Bonchev–Trinajstić information content (AvgIpc) is 2.79. The Morgan fingerprint density at radius 1 is 1.12 bits per heavy atom. The second kappa shape index (κ2) is 9.87. The molecular weight excluding hydrogens is 475 g/mol. The molecule has 0 unspecified atom stereocenters. The quantitative estimate of drug-likeness (QED) is 0.658. The first kappa shape index (κ1) is 23.2. The van der Waals surface area contributed by atoms with Crippen molar-refractivity contribution in [1.29, 1.82) is 0 Å². The molecule has 2 atom stereocenters. The first-order valence-electron chi connectivity index (χ1n) is 10.4. The number of sulfonamides is 1. The van der Waals surface area contributed by atoms with Crippen molar-refractivity contribution in [1.82, 2.24) is 9.62 Å². The molecule has 1 amide bonds. The average molecular weight is 499 g/mol. The molecule has 0 radical (unpaired) electrons. The number of hydrogen-bond donors (Lipinski definition) is 1. The number of piperidine rings is 1. The minimum atomic E-state index is -3.59. The lowest BCUT2D eigenvalue weighted by Crippen LogP contribution is -2.48. The number of nitrogens with zero attached hydrogens (tertiary/aromatic N) is 1. The number of ether oxygens (including phenoxy) is 2. The smallest absolute Gasteiger partial charge is 0.224 e. The van der Waals surface area contributed by atoms with E-state index in [0.717, 1.165) is 0 Å². The number of carbonyl (C=O) groups is 1. The summed E-state index contributed by atoms with van der Waals surface area (Å²) in [5.74, 6) is 0.552. The fourth-order valence-corrected chi connectivity index (χ4v) is 5.78. The molecule has 1 N–H and O–H groups in total. The van der Waals surface area contributed by atoms with Crippen LogP contribution in [0.5, 0.6) is 11.5 Å². The molecule has 2 aliphatic heterocycles. The molecule has 0 aromatic heterocycles. The van der Waals surface area contributed by atoms with Crippen molar-refractivity contribution >= 4 is 39.1 Å². The first-order valence-corrected chi connectivity index (χ1v) is 12.8. The molecule has 1 saturated heterocycles. The molecule has 0 aliphatic carbocycles. The third kappa shape index (κ3) is 5.49. The van der Waals surface area contributed by atoms with Crippen LogP contribution in [0.25, 0.3) is 0 Å². The lowest BCUT2D eigenvalue weighted by molar-refractivity contribution is -0.126. The predicted molar refractivity (Wildman–Crippen MR) is 123 cm³/mol. The fraction of sp³-hybridized carbons (Fsp3) is 0.409. The van der Waals surface area contributed by atoms with Crippen LogP contribution < -0.4 is 14.8 Å². The van der Waals surface area contributed by atoms with Gasteiger partial charge >= 0.3 is 0 Å². The molecule has 0 saturated carbocycles. The van der Waals surface area contributed by atoms with Crippen LogP contribution in [0, 0.1) is 5.92 Å². The van der Waals surface area contributed by atoms with Gasteiger partial charge in [0.15, 0.2) is 11.5 Å². The van der Waals surface area contributed by atoms with Crippen LogP contribution in [-0.2, 0) is 20.6 Å². The van der Waals surface area contributed by atoms with Crippen molar-refractivity contribution in [2.75, 3.05) is 26.2 Å². The standard InChI is InChI=1S/C22H24Cl2N2O5S/c23-18-8-7-15(10-19(18)24)14-32(28,29)26-9-3-4-16(12-26)22(27)25-11-17-13-30-20-5-1-2-6-21(20)31-17/h1-2,5-8,10,16-17H,3-4,9,11-14H2,(H,25,27)/t16-,17+/m0/s1. The molecule has 10 heteroatoms. The number of para-hydroxylation sites is 2.